The maximum Gasteiger partial charge on any atom is 0.165 e. The molecule has 0 bridgehead atoms. The van der Waals surface area contributed by atoms with Crippen molar-refractivity contribution in [1.29, 1.82) is 0 Å². The van der Waals surface area contributed by atoms with Crippen molar-refractivity contribution in [1.82, 2.24) is 10.2 Å². The molecule has 3 rings (SSSR count). The predicted octanol–water partition coefficient (Wildman–Crippen LogP) is 0.300. The van der Waals surface area contributed by atoms with Gasteiger partial charge in [-0.1, -0.05) is 6.07 Å². The normalized spacial score (nSPS) is 24.5. The predicted molar refractivity (Wildman–Crippen MR) is 85.5 cm³/mol. The van der Waals surface area contributed by atoms with Crippen LogP contribution in [0.4, 0.5) is 4.39 Å². The summed E-state index contributed by atoms with van der Waals surface area (Å²) in [6, 6.07) is 4.76. The van der Waals surface area contributed by atoms with Crippen LogP contribution < -0.4 is 21.5 Å². The van der Waals surface area contributed by atoms with Crippen molar-refractivity contribution < 1.29 is 14.2 Å². The summed E-state index contributed by atoms with van der Waals surface area (Å²) in [4.78, 5) is 2.04. The van der Waals surface area contributed by atoms with E-state index >= 15 is 0 Å². The lowest BCUT2D eigenvalue weighted by Gasteiger charge is -2.34. The Morgan fingerprint density at radius 1 is 1.52 bits per heavy atom. The summed E-state index contributed by atoms with van der Waals surface area (Å²) in [6.45, 7) is 1.19. The van der Waals surface area contributed by atoms with Gasteiger partial charge in [-0.25, -0.2) is 4.39 Å². The lowest BCUT2D eigenvalue weighted by atomic mass is 10.1. The number of nitrogens with two attached hydrogens (primary N) is 2. The van der Waals surface area contributed by atoms with Crippen LogP contribution in [0.15, 0.2) is 35.8 Å². The third-order valence-corrected chi connectivity index (χ3v) is 4.28. The summed E-state index contributed by atoms with van der Waals surface area (Å²) in [5, 5.41) is 13.0. The molecule has 6 nitrogen and oxygen atoms in total. The highest BCUT2D eigenvalue weighted by Gasteiger charge is 2.35. The lowest BCUT2D eigenvalue weighted by Crippen LogP contribution is -2.45. The first-order chi connectivity index (χ1) is 11.0. The van der Waals surface area contributed by atoms with Gasteiger partial charge >= 0.3 is 0 Å². The smallest absolute Gasteiger partial charge is 0.165 e. The van der Waals surface area contributed by atoms with Crippen molar-refractivity contribution >= 4 is 5.70 Å². The molecule has 1 saturated heterocycles. The van der Waals surface area contributed by atoms with Crippen molar-refractivity contribution in [2.75, 3.05) is 20.2 Å². The van der Waals surface area contributed by atoms with Crippen LogP contribution in [-0.2, 0) is 0 Å². The number of para-hydroxylation sites is 1. The summed E-state index contributed by atoms with van der Waals surface area (Å²) in [6.07, 6.45) is 1.99. The Morgan fingerprint density at radius 3 is 3.04 bits per heavy atom. The van der Waals surface area contributed by atoms with Gasteiger partial charge in [-0.05, 0) is 24.6 Å². The minimum Gasteiger partial charge on any atom is -0.493 e. The SMILES string of the molecule is COc1c(F)cccc1/C(N)=C/C1=C(N)NCC2CC(O)CN12. The van der Waals surface area contributed by atoms with E-state index < -0.39 is 5.82 Å². The van der Waals surface area contributed by atoms with E-state index in [1.54, 1.807) is 18.2 Å². The van der Waals surface area contributed by atoms with Gasteiger partial charge in [-0.15, -0.1) is 0 Å². The molecule has 1 fully saturated rings. The number of halogens is 1. The molecule has 2 heterocycles. The molecule has 6 N–H and O–H groups in total. The van der Waals surface area contributed by atoms with E-state index in [1.807, 2.05) is 4.90 Å². The topological polar surface area (TPSA) is 96.8 Å². The van der Waals surface area contributed by atoms with Gasteiger partial charge in [-0.3, -0.25) is 0 Å². The number of aliphatic hydroxyl groups is 1. The average Bonchev–Trinajstić information content (AvgIpc) is 2.90. The van der Waals surface area contributed by atoms with Crippen LogP contribution in [0.25, 0.3) is 5.70 Å². The highest BCUT2D eigenvalue weighted by atomic mass is 19.1. The van der Waals surface area contributed by atoms with Crippen molar-refractivity contribution in [2.24, 2.45) is 11.5 Å². The molecule has 2 aliphatic heterocycles. The second-order valence-corrected chi connectivity index (χ2v) is 5.80. The first kappa shape index (κ1) is 15.5. The maximum absolute atomic E-state index is 13.8. The van der Waals surface area contributed by atoms with Gasteiger partial charge in [0.1, 0.15) is 5.82 Å². The van der Waals surface area contributed by atoms with Gasteiger partial charge in [0.2, 0.25) is 0 Å². The molecular formula is C16H21FN4O2. The van der Waals surface area contributed by atoms with Crippen LogP contribution in [0.2, 0.25) is 0 Å². The summed E-state index contributed by atoms with van der Waals surface area (Å²) in [5.41, 5.74) is 13.7. The monoisotopic (exact) mass is 320 g/mol. The third-order valence-electron chi connectivity index (χ3n) is 4.28. The number of benzene rings is 1. The summed E-state index contributed by atoms with van der Waals surface area (Å²) in [7, 11) is 1.40. The zero-order valence-electron chi connectivity index (χ0n) is 12.9. The van der Waals surface area contributed by atoms with E-state index in [4.69, 9.17) is 16.2 Å². The molecule has 1 aromatic carbocycles. The molecule has 2 unspecified atom stereocenters. The lowest BCUT2D eigenvalue weighted by molar-refractivity contribution is 0.184. The number of nitrogens with zero attached hydrogens (tertiary/aromatic N) is 1. The van der Waals surface area contributed by atoms with Crippen LogP contribution in [0.1, 0.15) is 12.0 Å². The number of nitrogens with one attached hydrogen (secondary N) is 1. The number of ether oxygens (including phenoxy) is 1. The molecule has 0 spiro atoms. The summed E-state index contributed by atoms with van der Waals surface area (Å²) in [5.74, 6) is 0.121. The molecule has 1 aromatic rings. The maximum atomic E-state index is 13.8. The van der Waals surface area contributed by atoms with Crippen LogP contribution in [-0.4, -0.2) is 42.4 Å². The number of aliphatic hydroxyl groups excluding tert-OH is 1. The standard InChI is InChI=1S/C16H21FN4O2/c1-23-15-11(3-2-4-12(15)17)13(18)6-14-16(19)20-7-9-5-10(22)8-21(9)14/h2-4,6,9-10,20,22H,5,7-8,18-19H2,1H3/b13-6-. The van der Waals surface area contributed by atoms with Crippen molar-refractivity contribution in [3.05, 3.63) is 47.2 Å². The molecule has 0 aromatic heterocycles. The van der Waals surface area contributed by atoms with Crippen molar-refractivity contribution in [2.45, 2.75) is 18.6 Å². The average molecular weight is 320 g/mol. The van der Waals surface area contributed by atoms with E-state index in [2.05, 4.69) is 5.32 Å². The highest BCUT2D eigenvalue weighted by Crippen LogP contribution is 2.31. The van der Waals surface area contributed by atoms with Crippen LogP contribution >= 0.6 is 0 Å². The fourth-order valence-corrected chi connectivity index (χ4v) is 3.18. The van der Waals surface area contributed by atoms with Crippen molar-refractivity contribution in [3.63, 3.8) is 0 Å². The van der Waals surface area contributed by atoms with E-state index in [0.717, 1.165) is 0 Å². The molecular weight excluding hydrogens is 299 g/mol. The summed E-state index contributed by atoms with van der Waals surface area (Å²) < 4.78 is 18.9. The quantitative estimate of drug-likeness (QED) is 0.640. The third kappa shape index (κ3) is 2.79. The second kappa shape index (κ2) is 6.00. The number of hydrogen-bond acceptors (Lipinski definition) is 6. The minimum absolute atomic E-state index is 0.0993. The zero-order valence-corrected chi connectivity index (χ0v) is 12.9. The molecule has 0 saturated carbocycles. The molecule has 124 valence electrons. The van der Waals surface area contributed by atoms with E-state index in [9.17, 15) is 9.50 Å². The van der Waals surface area contributed by atoms with Crippen LogP contribution in [0.3, 0.4) is 0 Å². The Bertz CT molecular complexity index is 674. The molecule has 2 atom stereocenters. The minimum atomic E-state index is -0.473. The van der Waals surface area contributed by atoms with Crippen LogP contribution in [0.5, 0.6) is 5.75 Å². The van der Waals surface area contributed by atoms with Gasteiger partial charge in [-0.2, -0.15) is 0 Å². The van der Waals surface area contributed by atoms with Crippen LogP contribution in [0, 0.1) is 5.82 Å². The molecule has 7 heteroatoms. The summed E-state index contributed by atoms with van der Waals surface area (Å²) >= 11 is 0. The fraction of sp³-hybridized carbons (Fsp3) is 0.375. The first-order valence-electron chi connectivity index (χ1n) is 7.49. The van der Waals surface area contributed by atoms with E-state index in [-0.39, 0.29) is 17.9 Å². The van der Waals surface area contributed by atoms with Gasteiger partial charge in [0.15, 0.2) is 11.6 Å². The number of methoxy groups -OCH3 is 1. The first-order valence-corrected chi connectivity index (χ1v) is 7.49. The Balaban J connectivity index is 1.98. The highest BCUT2D eigenvalue weighted by molar-refractivity contribution is 5.70. The Labute approximate surface area is 134 Å². The van der Waals surface area contributed by atoms with Crippen molar-refractivity contribution in [3.8, 4) is 5.75 Å². The molecule has 2 aliphatic rings. The van der Waals surface area contributed by atoms with Gasteiger partial charge in [0.25, 0.3) is 0 Å². The Hall–Kier alpha value is -2.41. The van der Waals surface area contributed by atoms with Gasteiger partial charge < -0.3 is 31.5 Å². The van der Waals surface area contributed by atoms with Gasteiger partial charge in [0.05, 0.1) is 18.9 Å². The number of fused-ring (bicyclic) bond motifs is 1. The van der Waals surface area contributed by atoms with E-state index in [1.165, 1.54) is 13.2 Å². The molecule has 0 amide bonds. The molecule has 0 aliphatic carbocycles. The number of hydrogen-bond donors (Lipinski definition) is 4. The Kier molecular flexibility index (Phi) is 4.04. The largest absolute Gasteiger partial charge is 0.493 e. The number of allylic oxidation sites excluding steroid dienone is 1. The molecule has 23 heavy (non-hydrogen) atoms. The van der Waals surface area contributed by atoms with E-state index in [0.29, 0.717) is 42.3 Å². The second-order valence-electron chi connectivity index (χ2n) is 5.80. The fourth-order valence-electron chi connectivity index (χ4n) is 3.18. The zero-order chi connectivity index (χ0) is 16.6. The molecule has 0 radical (unpaired) electrons. The number of rotatable bonds is 3. The van der Waals surface area contributed by atoms with Gasteiger partial charge in [0, 0.05) is 30.4 Å². The Morgan fingerprint density at radius 2 is 2.30 bits per heavy atom.